The zero-order valence-electron chi connectivity index (χ0n) is 16.1. The second-order valence-electron chi connectivity index (χ2n) is 6.95. The van der Waals surface area contributed by atoms with E-state index in [1.165, 1.54) is 6.20 Å². The molecule has 0 spiro atoms. The lowest BCUT2D eigenvalue weighted by Crippen LogP contribution is -2.08. The molecule has 0 radical (unpaired) electrons. The van der Waals surface area contributed by atoms with Crippen LogP contribution in [0.4, 0.5) is 0 Å². The molecule has 0 amide bonds. The van der Waals surface area contributed by atoms with Crippen molar-refractivity contribution < 1.29 is 12.6 Å². The topological polar surface area (TPSA) is 69.2 Å². The smallest absolute Gasteiger partial charge is 0.307 e. The van der Waals surface area contributed by atoms with Gasteiger partial charge in [-0.3, -0.25) is 0 Å². The summed E-state index contributed by atoms with van der Waals surface area (Å²) in [5, 5.41) is 0. The third-order valence-electron chi connectivity index (χ3n) is 3.98. The molecular weight excluding hydrogens is 360 g/mol. The summed E-state index contributed by atoms with van der Waals surface area (Å²) in [4.78, 5) is 8.98. The fraction of sp³-hybridized carbons (Fsp3) is 0.238. The van der Waals surface area contributed by atoms with Gasteiger partial charge in [0, 0.05) is 11.1 Å². The number of hydrogen-bond donors (Lipinski definition) is 0. The molecule has 27 heavy (non-hydrogen) atoms. The summed E-state index contributed by atoms with van der Waals surface area (Å²) in [6.07, 6.45) is 2.34. The zero-order chi connectivity index (χ0) is 19.8. The monoisotopic (exact) mass is 382 g/mol. The summed E-state index contributed by atoms with van der Waals surface area (Å²) in [5.74, 6) is -0.0419. The lowest BCUT2D eigenvalue weighted by Gasteiger charge is -2.13. The molecule has 0 aliphatic carbocycles. The van der Waals surface area contributed by atoms with Crippen LogP contribution >= 0.6 is 0 Å². The molecule has 3 aromatic rings. The standard InChI is InChI=1S/C21H22N2O3S/c1-13-6-14(2)9-17(8-13)20-21(18-10-15(3)7-16(4)11-18)23-19(12-22-20)26-27(5,24)25/h6-12H,1-5H3. The molecule has 0 aliphatic rings. The van der Waals surface area contributed by atoms with Crippen LogP contribution < -0.4 is 4.18 Å². The molecule has 1 aromatic heterocycles. The molecule has 0 unspecified atom stereocenters. The molecular formula is C21H22N2O3S. The number of rotatable bonds is 4. The van der Waals surface area contributed by atoms with Crippen molar-refractivity contribution in [2.45, 2.75) is 27.7 Å². The Morgan fingerprint density at radius 2 is 1.19 bits per heavy atom. The molecule has 5 nitrogen and oxygen atoms in total. The Kier molecular flexibility index (Phi) is 5.02. The lowest BCUT2D eigenvalue weighted by molar-refractivity contribution is 0.481. The Morgan fingerprint density at radius 3 is 1.63 bits per heavy atom. The van der Waals surface area contributed by atoms with Gasteiger partial charge < -0.3 is 4.18 Å². The second kappa shape index (κ2) is 7.12. The minimum Gasteiger partial charge on any atom is -0.360 e. The van der Waals surface area contributed by atoms with Crippen LogP contribution in [-0.4, -0.2) is 24.6 Å². The van der Waals surface area contributed by atoms with E-state index in [0.29, 0.717) is 11.4 Å². The highest BCUT2D eigenvalue weighted by Gasteiger charge is 2.16. The highest BCUT2D eigenvalue weighted by atomic mass is 32.2. The SMILES string of the molecule is Cc1cc(C)cc(-c2ncc(OS(C)(=O)=O)nc2-c2cc(C)cc(C)c2)c1. The summed E-state index contributed by atoms with van der Waals surface area (Å²) < 4.78 is 28.0. The van der Waals surface area contributed by atoms with Gasteiger partial charge in [0.2, 0.25) is 0 Å². The number of nitrogens with zero attached hydrogens (tertiary/aromatic N) is 2. The van der Waals surface area contributed by atoms with E-state index >= 15 is 0 Å². The molecule has 6 heteroatoms. The van der Waals surface area contributed by atoms with Crippen LogP contribution in [0.5, 0.6) is 5.88 Å². The van der Waals surface area contributed by atoms with E-state index < -0.39 is 10.1 Å². The fourth-order valence-electron chi connectivity index (χ4n) is 3.20. The van der Waals surface area contributed by atoms with E-state index in [1.54, 1.807) is 0 Å². The van der Waals surface area contributed by atoms with Gasteiger partial charge in [-0.1, -0.05) is 34.4 Å². The first-order chi connectivity index (χ1) is 12.6. The molecule has 3 rings (SSSR count). The van der Waals surface area contributed by atoms with E-state index in [1.807, 2.05) is 52.0 Å². The number of benzene rings is 2. The lowest BCUT2D eigenvalue weighted by atomic mass is 9.98. The van der Waals surface area contributed by atoms with Gasteiger partial charge in [-0.2, -0.15) is 8.42 Å². The van der Waals surface area contributed by atoms with Crippen molar-refractivity contribution in [3.05, 3.63) is 64.8 Å². The molecule has 0 saturated carbocycles. The van der Waals surface area contributed by atoms with Crippen molar-refractivity contribution in [2.75, 3.05) is 6.26 Å². The normalized spacial score (nSPS) is 11.4. The molecule has 1 heterocycles. The van der Waals surface area contributed by atoms with Crippen LogP contribution in [-0.2, 0) is 10.1 Å². The summed E-state index contributed by atoms with van der Waals surface area (Å²) in [6.45, 7) is 8.08. The Bertz CT molecular complexity index is 1080. The van der Waals surface area contributed by atoms with E-state index in [4.69, 9.17) is 4.18 Å². The minimum atomic E-state index is -3.69. The summed E-state index contributed by atoms with van der Waals surface area (Å²) in [7, 11) is -3.69. The number of hydrogen-bond acceptors (Lipinski definition) is 5. The Labute approximate surface area is 160 Å². The molecule has 0 bridgehead atoms. The summed E-state index contributed by atoms with van der Waals surface area (Å²) in [5.41, 5.74) is 7.50. The van der Waals surface area contributed by atoms with Crippen LogP contribution in [0.2, 0.25) is 0 Å². The van der Waals surface area contributed by atoms with Crippen molar-refractivity contribution >= 4 is 10.1 Å². The minimum absolute atomic E-state index is 0.0419. The fourth-order valence-corrected chi connectivity index (χ4v) is 3.59. The van der Waals surface area contributed by atoms with E-state index in [-0.39, 0.29) is 5.88 Å². The van der Waals surface area contributed by atoms with Gasteiger partial charge in [0.05, 0.1) is 18.1 Å². The van der Waals surface area contributed by atoms with Gasteiger partial charge in [0.1, 0.15) is 5.69 Å². The first kappa shape index (κ1) is 19.0. The summed E-state index contributed by atoms with van der Waals surface area (Å²) >= 11 is 0. The third kappa shape index (κ3) is 4.71. The molecule has 0 fully saturated rings. The maximum absolute atomic E-state index is 11.5. The first-order valence-electron chi connectivity index (χ1n) is 8.54. The molecule has 0 atom stereocenters. The largest absolute Gasteiger partial charge is 0.360 e. The van der Waals surface area contributed by atoms with E-state index in [9.17, 15) is 8.42 Å². The molecule has 0 aliphatic heterocycles. The Balaban J connectivity index is 2.26. The number of aryl methyl sites for hydroxylation is 4. The quantitative estimate of drug-likeness (QED) is 0.626. The van der Waals surface area contributed by atoms with Gasteiger partial charge in [-0.25, -0.2) is 9.97 Å². The second-order valence-corrected chi connectivity index (χ2v) is 8.52. The average Bonchev–Trinajstić information content (AvgIpc) is 2.51. The number of aromatic nitrogens is 2. The van der Waals surface area contributed by atoms with Crippen molar-refractivity contribution in [2.24, 2.45) is 0 Å². The van der Waals surface area contributed by atoms with Gasteiger partial charge in [0.15, 0.2) is 0 Å². The van der Waals surface area contributed by atoms with E-state index in [2.05, 4.69) is 22.1 Å². The molecule has 0 saturated heterocycles. The van der Waals surface area contributed by atoms with Crippen molar-refractivity contribution in [1.29, 1.82) is 0 Å². The summed E-state index contributed by atoms with van der Waals surface area (Å²) in [6, 6.07) is 12.3. The van der Waals surface area contributed by atoms with Crippen LogP contribution in [0.1, 0.15) is 22.3 Å². The first-order valence-corrected chi connectivity index (χ1v) is 10.4. The van der Waals surface area contributed by atoms with Crippen LogP contribution in [0, 0.1) is 27.7 Å². The maximum Gasteiger partial charge on any atom is 0.307 e. The highest BCUT2D eigenvalue weighted by Crippen LogP contribution is 2.32. The van der Waals surface area contributed by atoms with Gasteiger partial charge in [-0.05, 0) is 52.0 Å². The third-order valence-corrected chi connectivity index (χ3v) is 4.45. The predicted molar refractivity (Wildman–Crippen MR) is 107 cm³/mol. The molecule has 0 N–H and O–H groups in total. The predicted octanol–water partition coefficient (Wildman–Crippen LogP) is 4.38. The van der Waals surface area contributed by atoms with E-state index in [0.717, 1.165) is 39.6 Å². The van der Waals surface area contributed by atoms with Crippen LogP contribution in [0.25, 0.3) is 22.5 Å². The highest BCUT2D eigenvalue weighted by molar-refractivity contribution is 7.86. The van der Waals surface area contributed by atoms with Crippen LogP contribution in [0.3, 0.4) is 0 Å². The Hall–Kier alpha value is -2.73. The van der Waals surface area contributed by atoms with Crippen molar-refractivity contribution in [3.63, 3.8) is 0 Å². The average molecular weight is 382 g/mol. The molecule has 140 valence electrons. The van der Waals surface area contributed by atoms with Gasteiger partial charge in [0.25, 0.3) is 5.88 Å². The van der Waals surface area contributed by atoms with Gasteiger partial charge in [-0.15, -0.1) is 0 Å². The van der Waals surface area contributed by atoms with Crippen molar-refractivity contribution in [3.8, 4) is 28.4 Å². The zero-order valence-corrected chi connectivity index (χ0v) is 16.9. The Morgan fingerprint density at radius 1 is 0.741 bits per heavy atom. The molecule has 2 aromatic carbocycles. The van der Waals surface area contributed by atoms with Gasteiger partial charge >= 0.3 is 10.1 Å². The van der Waals surface area contributed by atoms with Crippen LogP contribution in [0.15, 0.2) is 42.6 Å². The maximum atomic E-state index is 11.5. The van der Waals surface area contributed by atoms with Crippen molar-refractivity contribution in [1.82, 2.24) is 9.97 Å².